The molecule has 1 aromatic heterocycles. The Morgan fingerprint density at radius 3 is 2.60 bits per heavy atom. The Morgan fingerprint density at radius 1 is 1.32 bits per heavy atom. The van der Waals surface area contributed by atoms with E-state index in [1.165, 1.54) is 24.7 Å². The van der Waals surface area contributed by atoms with Crippen LogP contribution in [0.1, 0.15) is 51.8 Å². The number of sulfonamides is 1. The molecule has 3 atom stereocenters. The molecule has 3 unspecified atom stereocenters. The highest BCUT2D eigenvalue weighted by Crippen LogP contribution is 2.65. The third kappa shape index (κ3) is 3.26. The van der Waals surface area contributed by atoms with Crippen LogP contribution in [-0.4, -0.2) is 26.9 Å². The van der Waals surface area contributed by atoms with Crippen LogP contribution < -0.4 is 10.0 Å². The molecule has 25 heavy (non-hydrogen) atoms. The van der Waals surface area contributed by atoms with Crippen LogP contribution >= 0.6 is 11.3 Å². The van der Waals surface area contributed by atoms with Crippen molar-refractivity contribution in [2.24, 2.45) is 16.7 Å². The molecule has 2 aliphatic carbocycles. The molecular weight excluding hydrogens is 356 g/mol. The second-order valence-corrected chi connectivity index (χ2v) is 11.3. The zero-order valence-corrected chi connectivity index (χ0v) is 17.0. The van der Waals surface area contributed by atoms with Crippen LogP contribution in [0.25, 0.3) is 0 Å². The highest BCUT2D eigenvalue weighted by atomic mass is 32.2. The Hall–Kier alpha value is -0.920. The van der Waals surface area contributed by atoms with Crippen molar-refractivity contribution in [3.63, 3.8) is 0 Å². The Morgan fingerprint density at radius 2 is 2.04 bits per heavy atom. The molecule has 3 rings (SSSR count). The minimum Gasteiger partial charge on any atom is -0.356 e. The maximum Gasteiger partial charge on any atom is 0.250 e. The number of amides is 1. The predicted octanol–water partition coefficient (Wildman–Crippen LogP) is 2.92. The summed E-state index contributed by atoms with van der Waals surface area (Å²) >= 11 is 1.29. The van der Waals surface area contributed by atoms with Gasteiger partial charge in [-0.3, -0.25) is 4.79 Å². The molecule has 2 N–H and O–H groups in total. The van der Waals surface area contributed by atoms with Gasteiger partial charge in [0.15, 0.2) is 0 Å². The van der Waals surface area contributed by atoms with Gasteiger partial charge in [-0.1, -0.05) is 20.8 Å². The van der Waals surface area contributed by atoms with Gasteiger partial charge in [0, 0.05) is 24.4 Å². The van der Waals surface area contributed by atoms with Crippen molar-refractivity contribution in [2.45, 2.75) is 63.6 Å². The number of hydrogen-bond acceptors (Lipinski definition) is 4. The van der Waals surface area contributed by atoms with Crippen LogP contribution in [0.5, 0.6) is 0 Å². The van der Waals surface area contributed by atoms with Gasteiger partial charge in [0.05, 0.1) is 0 Å². The highest BCUT2D eigenvalue weighted by molar-refractivity contribution is 7.91. The van der Waals surface area contributed by atoms with E-state index in [4.69, 9.17) is 0 Å². The fourth-order valence-electron chi connectivity index (χ4n) is 4.63. The monoisotopic (exact) mass is 384 g/mol. The first-order valence-corrected chi connectivity index (χ1v) is 11.2. The molecule has 0 saturated heterocycles. The Kier molecular flexibility index (Phi) is 4.79. The molecule has 2 fully saturated rings. The molecule has 1 amide bonds. The van der Waals surface area contributed by atoms with Crippen LogP contribution in [0.4, 0.5) is 0 Å². The Balaban J connectivity index is 1.69. The number of rotatable bonds is 6. The predicted molar refractivity (Wildman–Crippen MR) is 100 cm³/mol. The van der Waals surface area contributed by atoms with E-state index in [9.17, 15) is 13.2 Å². The van der Waals surface area contributed by atoms with Crippen molar-refractivity contribution in [1.29, 1.82) is 0 Å². The smallest absolute Gasteiger partial charge is 0.250 e. The standard InChI is InChI=1S/C18H28N2O3S2/c1-12(21)19-10-8-14-5-6-16(24-14)25(22,23)20-15-11-13-7-9-18(15,4)17(13,2)3/h5-6,13,15,20H,7-11H2,1-4H3,(H,19,21). The molecule has 1 aromatic rings. The van der Waals surface area contributed by atoms with E-state index in [0.29, 0.717) is 23.1 Å². The maximum absolute atomic E-state index is 12.8. The number of fused-ring (bicyclic) bond motifs is 2. The van der Waals surface area contributed by atoms with Gasteiger partial charge in [0.25, 0.3) is 0 Å². The van der Waals surface area contributed by atoms with Crippen molar-refractivity contribution in [3.8, 4) is 0 Å². The summed E-state index contributed by atoms with van der Waals surface area (Å²) in [7, 11) is -3.49. The number of nitrogens with one attached hydrogen (secondary N) is 2. The van der Waals surface area contributed by atoms with Crippen molar-refractivity contribution >= 4 is 27.3 Å². The van der Waals surface area contributed by atoms with E-state index in [1.54, 1.807) is 6.07 Å². The minimum absolute atomic E-state index is 0.0104. The van der Waals surface area contributed by atoms with E-state index in [2.05, 4.69) is 30.8 Å². The molecule has 5 nitrogen and oxygen atoms in total. The summed E-state index contributed by atoms with van der Waals surface area (Å²) in [6.45, 7) is 8.81. The quantitative estimate of drug-likeness (QED) is 0.792. The van der Waals surface area contributed by atoms with Crippen molar-refractivity contribution in [3.05, 3.63) is 17.0 Å². The van der Waals surface area contributed by atoms with Crippen LogP contribution in [0, 0.1) is 16.7 Å². The second kappa shape index (κ2) is 6.35. The zero-order valence-electron chi connectivity index (χ0n) is 15.4. The first-order valence-electron chi connectivity index (χ1n) is 8.92. The average Bonchev–Trinajstić information content (AvgIpc) is 3.10. The van der Waals surface area contributed by atoms with E-state index in [1.807, 2.05) is 6.07 Å². The summed E-state index contributed by atoms with van der Waals surface area (Å²) in [4.78, 5) is 11.9. The molecule has 2 saturated carbocycles. The molecule has 0 aromatic carbocycles. The summed E-state index contributed by atoms with van der Waals surface area (Å²) in [6, 6.07) is 3.53. The molecule has 7 heteroatoms. The molecule has 1 heterocycles. The number of hydrogen-bond donors (Lipinski definition) is 2. The normalized spacial score (nSPS) is 30.6. The van der Waals surface area contributed by atoms with Gasteiger partial charge in [-0.15, -0.1) is 11.3 Å². The van der Waals surface area contributed by atoms with E-state index >= 15 is 0 Å². The van der Waals surface area contributed by atoms with Crippen molar-refractivity contribution < 1.29 is 13.2 Å². The summed E-state index contributed by atoms with van der Waals surface area (Å²) in [5, 5.41) is 2.74. The van der Waals surface area contributed by atoms with Gasteiger partial charge >= 0.3 is 0 Å². The first kappa shape index (κ1) is 18.9. The molecular formula is C18H28N2O3S2. The lowest BCUT2D eigenvalue weighted by atomic mass is 9.69. The van der Waals surface area contributed by atoms with Gasteiger partial charge in [-0.2, -0.15) is 0 Å². The van der Waals surface area contributed by atoms with Crippen molar-refractivity contribution in [1.82, 2.24) is 10.0 Å². The highest BCUT2D eigenvalue weighted by Gasteiger charge is 2.61. The fourth-order valence-corrected chi connectivity index (χ4v) is 7.36. The topological polar surface area (TPSA) is 75.3 Å². The third-order valence-corrected chi connectivity index (χ3v) is 9.85. The maximum atomic E-state index is 12.8. The van der Waals surface area contributed by atoms with Gasteiger partial charge in [-0.25, -0.2) is 13.1 Å². The summed E-state index contributed by atoms with van der Waals surface area (Å²) in [5.74, 6) is 0.528. The second-order valence-electron chi connectivity index (χ2n) is 8.24. The molecule has 0 radical (unpaired) electrons. The van der Waals surface area contributed by atoms with Crippen LogP contribution in [-0.2, 0) is 21.2 Å². The number of carbonyl (C=O) groups excluding carboxylic acids is 1. The lowest BCUT2D eigenvalue weighted by Crippen LogP contribution is -2.46. The minimum atomic E-state index is -3.49. The van der Waals surface area contributed by atoms with E-state index in [-0.39, 0.29) is 22.8 Å². The molecule has 0 spiro atoms. The molecule has 2 bridgehead atoms. The molecule has 2 aliphatic rings. The third-order valence-electron chi connectivity index (χ3n) is 6.74. The lowest BCUT2D eigenvalue weighted by Gasteiger charge is -2.39. The van der Waals surface area contributed by atoms with Gasteiger partial charge in [0.1, 0.15) is 4.21 Å². The zero-order chi connectivity index (χ0) is 18.5. The van der Waals surface area contributed by atoms with E-state index < -0.39 is 10.0 Å². The van der Waals surface area contributed by atoms with Crippen LogP contribution in [0.15, 0.2) is 16.3 Å². The fraction of sp³-hybridized carbons (Fsp3) is 0.722. The molecule has 0 aliphatic heterocycles. The van der Waals surface area contributed by atoms with Crippen molar-refractivity contribution in [2.75, 3.05) is 6.54 Å². The van der Waals surface area contributed by atoms with Gasteiger partial charge < -0.3 is 5.32 Å². The van der Waals surface area contributed by atoms with Gasteiger partial charge in [0.2, 0.25) is 15.9 Å². The number of thiophene rings is 1. The largest absolute Gasteiger partial charge is 0.356 e. The van der Waals surface area contributed by atoms with Crippen LogP contribution in [0.2, 0.25) is 0 Å². The SMILES string of the molecule is CC(=O)NCCc1ccc(S(=O)(=O)NC2CC3CCC2(C)C3(C)C)s1. The average molecular weight is 385 g/mol. The first-order chi connectivity index (χ1) is 11.6. The lowest BCUT2D eigenvalue weighted by molar-refractivity contribution is -0.118. The number of carbonyl (C=O) groups is 1. The summed E-state index contributed by atoms with van der Waals surface area (Å²) < 4.78 is 29.1. The molecule has 140 valence electrons. The van der Waals surface area contributed by atoms with E-state index in [0.717, 1.165) is 17.7 Å². The Bertz CT molecular complexity index is 769. The Labute approximate surface area is 154 Å². The van der Waals surface area contributed by atoms with Crippen LogP contribution in [0.3, 0.4) is 0 Å². The summed E-state index contributed by atoms with van der Waals surface area (Å²) in [5.41, 5.74) is 0.204. The van der Waals surface area contributed by atoms with Gasteiger partial charge in [-0.05, 0) is 54.6 Å². The summed E-state index contributed by atoms with van der Waals surface area (Å²) in [6.07, 6.45) is 3.87.